The van der Waals surface area contributed by atoms with E-state index in [2.05, 4.69) is 15.4 Å². The van der Waals surface area contributed by atoms with E-state index in [9.17, 15) is 0 Å². The minimum Gasteiger partial charge on any atom is -0.147 e. The van der Waals surface area contributed by atoms with Gasteiger partial charge in [0.15, 0.2) is 0 Å². The van der Waals surface area contributed by atoms with E-state index in [0.29, 0.717) is 0 Å². The number of hydrogen-bond donors (Lipinski definition) is 0. The van der Waals surface area contributed by atoms with Crippen LogP contribution in [0.1, 0.15) is 0 Å². The molecule has 0 aliphatic rings. The Labute approximate surface area is 82.0 Å². The molecule has 0 bridgehead atoms. The fraction of sp³-hybridized carbons (Fsp3) is 0. The van der Waals surface area contributed by atoms with Crippen molar-refractivity contribution in [2.24, 2.45) is 0 Å². The average molecular weight is 204 g/mol. The number of halogens is 2. The van der Waals surface area contributed by atoms with Crippen molar-refractivity contribution in [3.05, 3.63) is 30.5 Å². The highest BCUT2D eigenvalue weighted by atomic mass is 35.5. The SMILES string of the molecule is Cl.Cl.c1ccc2nnncc2c1. The predicted octanol–water partition coefficient (Wildman–Crippen LogP) is 1.87. The summed E-state index contributed by atoms with van der Waals surface area (Å²) in [6.07, 6.45) is 1.70. The van der Waals surface area contributed by atoms with Gasteiger partial charge >= 0.3 is 0 Å². The quantitative estimate of drug-likeness (QED) is 0.657. The lowest BCUT2D eigenvalue weighted by atomic mass is 10.2. The highest BCUT2D eigenvalue weighted by Gasteiger charge is 1.88. The van der Waals surface area contributed by atoms with Crippen molar-refractivity contribution in [3.8, 4) is 0 Å². The molecule has 12 heavy (non-hydrogen) atoms. The van der Waals surface area contributed by atoms with Gasteiger partial charge in [-0.1, -0.05) is 18.2 Å². The van der Waals surface area contributed by atoms with Crippen molar-refractivity contribution in [2.75, 3.05) is 0 Å². The number of benzene rings is 1. The molecular weight excluding hydrogens is 197 g/mol. The van der Waals surface area contributed by atoms with Crippen molar-refractivity contribution in [2.45, 2.75) is 0 Å². The molecule has 0 saturated heterocycles. The van der Waals surface area contributed by atoms with Crippen molar-refractivity contribution in [3.63, 3.8) is 0 Å². The van der Waals surface area contributed by atoms with E-state index < -0.39 is 0 Å². The molecule has 0 amide bonds. The predicted molar refractivity (Wildman–Crippen MR) is 51.8 cm³/mol. The van der Waals surface area contributed by atoms with E-state index in [1.807, 2.05) is 24.3 Å². The lowest BCUT2D eigenvalue weighted by Gasteiger charge is -1.89. The summed E-state index contributed by atoms with van der Waals surface area (Å²) in [7, 11) is 0. The van der Waals surface area contributed by atoms with Crippen LogP contribution in [-0.4, -0.2) is 15.4 Å². The largest absolute Gasteiger partial charge is 0.147 e. The Bertz CT molecular complexity index is 288. The van der Waals surface area contributed by atoms with Crippen LogP contribution in [0.25, 0.3) is 10.9 Å². The van der Waals surface area contributed by atoms with Gasteiger partial charge in [0, 0.05) is 5.39 Å². The van der Waals surface area contributed by atoms with Gasteiger partial charge in [0.1, 0.15) is 0 Å². The molecule has 0 saturated carbocycles. The molecule has 0 aliphatic carbocycles. The molecule has 0 radical (unpaired) electrons. The van der Waals surface area contributed by atoms with Gasteiger partial charge in [-0.3, -0.25) is 0 Å². The molecule has 1 aromatic heterocycles. The Morgan fingerprint density at radius 3 is 2.50 bits per heavy atom. The summed E-state index contributed by atoms with van der Waals surface area (Å²) in [5, 5.41) is 12.0. The molecule has 0 atom stereocenters. The zero-order chi connectivity index (χ0) is 6.81. The van der Waals surface area contributed by atoms with Gasteiger partial charge in [-0.05, 0) is 11.3 Å². The molecule has 1 heterocycles. The second kappa shape index (κ2) is 4.85. The average Bonchev–Trinajstić information content (AvgIpc) is 2.05. The normalized spacial score (nSPS) is 8.33. The van der Waals surface area contributed by atoms with E-state index in [4.69, 9.17) is 0 Å². The van der Waals surface area contributed by atoms with Gasteiger partial charge in [0.05, 0.1) is 11.7 Å². The van der Waals surface area contributed by atoms with Crippen LogP contribution in [0, 0.1) is 0 Å². The summed E-state index contributed by atoms with van der Waals surface area (Å²) in [4.78, 5) is 0. The van der Waals surface area contributed by atoms with Gasteiger partial charge < -0.3 is 0 Å². The first-order valence-electron chi connectivity index (χ1n) is 3.00. The monoisotopic (exact) mass is 203 g/mol. The van der Waals surface area contributed by atoms with Gasteiger partial charge in [0.25, 0.3) is 0 Å². The van der Waals surface area contributed by atoms with Gasteiger partial charge in [0.2, 0.25) is 0 Å². The Balaban J connectivity index is 0.000000605. The third-order valence-corrected chi connectivity index (χ3v) is 1.34. The number of aromatic nitrogens is 3. The van der Waals surface area contributed by atoms with Gasteiger partial charge in [-0.2, -0.15) is 0 Å². The fourth-order valence-electron chi connectivity index (χ4n) is 0.850. The smallest absolute Gasteiger partial charge is 0.0963 e. The maximum atomic E-state index is 3.82. The van der Waals surface area contributed by atoms with Crippen LogP contribution in [-0.2, 0) is 0 Å². The lowest BCUT2D eigenvalue weighted by molar-refractivity contribution is 0.895. The number of fused-ring (bicyclic) bond motifs is 1. The Kier molecular flexibility index (Phi) is 4.47. The zero-order valence-corrected chi connectivity index (χ0v) is 7.68. The maximum Gasteiger partial charge on any atom is 0.0963 e. The molecule has 0 fully saturated rings. The minimum absolute atomic E-state index is 0. The van der Waals surface area contributed by atoms with E-state index >= 15 is 0 Å². The Morgan fingerprint density at radius 2 is 1.75 bits per heavy atom. The molecule has 0 N–H and O–H groups in total. The van der Waals surface area contributed by atoms with Gasteiger partial charge in [-0.15, -0.1) is 35.0 Å². The Morgan fingerprint density at radius 1 is 1.00 bits per heavy atom. The molecule has 0 unspecified atom stereocenters. The summed E-state index contributed by atoms with van der Waals surface area (Å²) in [5.41, 5.74) is 0.887. The highest BCUT2D eigenvalue weighted by molar-refractivity contribution is 5.85. The first kappa shape index (κ1) is 11.1. The second-order valence-corrected chi connectivity index (χ2v) is 1.99. The molecule has 5 heteroatoms. The summed E-state index contributed by atoms with van der Waals surface area (Å²) in [5.74, 6) is 0. The highest BCUT2D eigenvalue weighted by Crippen LogP contribution is 2.05. The molecule has 0 spiro atoms. The van der Waals surface area contributed by atoms with Crippen LogP contribution in [0.5, 0.6) is 0 Å². The number of rotatable bonds is 0. The molecule has 64 valence electrons. The molecule has 1 aromatic carbocycles. The molecule has 2 rings (SSSR count). The topological polar surface area (TPSA) is 38.7 Å². The van der Waals surface area contributed by atoms with Crippen molar-refractivity contribution >= 4 is 35.7 Å². The molecule has 0 aliphatic heterocycles. The summed E-state index contributed by atoms with van der Waals surface area (Å²) >= 11 is 0. The van der Waals surface area contributed by atoms with Crippen molar-refractivity contribution < 1.29 is 0 Å². The van der Waals surface area contributed by atoms with E-state index in [-0.39, 0.29) is 24.8 Å². The van der Waals surface area contributed by atoms with Crippen molar-refractivity contribution in [1.82, 2.24) is 15.4 Å². The summed E-state index contributed by atoms with van der Waals surface area (Å²) < 4.78 is 0. The number of hydrogen-bond acceptors (Lipinski definition) is 3. The summed E-state index contributed by atoms with van der Waals surface area (Å²) in [6.45, 7) is 0. The minimum atomic E-state index is 0. The summed E-state index contributed by atoms with van der Waals surface area (Å²) in [6, 6.07) is 7.74. The molecule has 2 aromatic rings. The second-order valence-electron chi connectivity index (χ2n) is 1.99. The van der Waals surface area contributed by atoms with Crippen LogP contribution in [0.2, 0.25) is 0 Å². The van der Waals surface area contributed by atoms with Crippen molar-refractivity contribution in [1.29, 1.82) is 0 Å². The molecular formula is C7H7Cl2N3. The van der Waals surface area contributed by atoms with E-state index in [0.717, 1.165) is 10.9 Å². The standard InChI is InChI=1S/C7H5N3.2ClH/c1-2-4-7-6(3-1)5-8-10-9-7;;/h1-5H;2*1H. The first-order chi connectivity index (χ1) is 4.97. The number of nitrogens with zero attached hydrogens (tertiary/aromatic N) is 3. The van der Waals surface area contributed by atoms with E-state index in [1.165, 1.54) is 0 Å². The first-order valence-corrected chi connectivity index (χ1v) is 3.00. The maximum absolute atomic E-state index is 3.82. The lowest BCUT2D eigenvalue weighted by Crippen LogP contribution is -1.85. The van der Waals surface area contributed by atoms with Crippen LogP contribution in [0.4, 0.5) is 0 Å². The Hall–Kier alpha value is -0.930. The van der Waals surface area contributed by atoms with Crippen LogP contribution in [0.3, 0.4) is 0 Å². The van der Waals surface area contributed by atoms with Crippen LogP contribution in [0.15, 0.2) is 30.5 Å². The third kappa shape index (κ3) is 2.03. The van der Waals surface area contributed by atoms with E-state index in [1.54, 1.807) is 6.20 Å². The molecule has 3 nitrogen and oxygen atoms in total. The van der Waals surface area contributed by atoms with Gasteiger partial charge in [-0.25, -0.2) is 0 Å². The van der Waals surface area contributed by atoms with Crippen LogP contribution < -0.4 is 0 Å². The zero-order valence-electron chi connectivity index (χ0n) is 6.04. The van der Waals surface area contributed by atoms with Crippen LogP contribution >= 0.6 is 24.8 Å². The fourth-order valence-corrected chi connectivity index (χ4v) is 0.850. The third-order valence-electron chi connectivity index (χ3n) is 1.34.